The lowest BCUT2D eigenvalue weighted by Gasteiger charge is -2.18. The third kappa shape index (κ3) is 3.59. The van der Waals surface area contributed by atoms with Gasteiger partial charge in [0.25, 0.3) is 5.91 Å². The molecule has 4 rings (SSSR count). The maximum atomic E-state index is 12.6. The first-order valence-electron chi connectivity index (χ1n) is 9.01. The van der Waals surface area contributed by atoms with Crippen LogP contribution in [0.3, 0.4) is 0 Å². The highest BCUT2D eigenvalue weighted by atomic mass is 35.5. The Hall–Kier alpha value is -3.24. The van der Waals surface area contributed by atoms with E-state index in [9.17, 15) is 9.90 Å². The molecule has 0 aliphatic carbocycles. The Morgan fingerprint density at radius 2 is 1.79 bits per heavy atom. The van der Waals surface area contributed by atoms with Crippen LogP contribution in [-0.2, 0) is 0 Å². The summed E-state index contributed by atoms with van der Waals surface area (Å²) in [5.41, 5.74) is 3.73. The van der Waals surface area contributed by atoms with Crippen LogP contribution >= 0.6 is 11.6 Å². The van der Waals surface area contributed by atoms with Crippen molar-refractivity contribution >= 4 is 28.4 Å². The number of carbonyl (C=O) groups excluding carboxylic acids is 1. The van der Waals surface area contributed by atoms with Crippen LogP contribution in [0.15, 0.2) is 79.0 Å². The zero-order valence-electron chi connectivity index (χ0n) is 15.0. The number of phenolic OH excluding ortho intramolecular Hbond substituents is 1. The third-order valence-corrected chi connectivity index (χ3v) is 5.18. The summed E-state index contributed by atoms with van der Waals surface area (Å²) in [4.78, 5) is 15.9. The number of halogens is 1. The molecule has 0 saturated carbocycles. The van der Waals surface area contributed by atoms with Crippen LogP contribution < -0.4 is 5.32 Å². The molecule has 0 saturated heterocycles. The van der Waals surface area contributed by atoms with Crippen molar-refractivity contribution in [3.8, 4) is 5.75 Å². The number of amides is 1. The molecule has 1 amide bonds. The van der Waals surface area contributed by atoms with Gasteiger partial charge >= 0.3 is 0 Å². The monoisotopic (exact) mass is 390 g/mol. The Bertz CT molecular complexity index is 1120. The molecule has 1 unspecified atom stereocenters. The highest BCUT2D eigenvalue weighted by molar-refractivity contribution is 6.32. The summed E-state index contributed by atoms with van der Waals surface area (Å²) in [6.45, 7) is 0.434. The summed E-state index contributed by atoms with van der Waals surface area (Å²) in [5, 5.41) is 13.8. The molecule has 4 aromatic rings. The predicted molar refractivity (Wildman–Crippen MR) is 112 cm³/mol. The van der Waals surface area contributed by atoms with E-state index in [0.29, 0.717) is 12.1 Å². The second-order valence-corrected chi connectivity index (χ2v) is 7.04. The van der Waals surface area contributed by atoms with Gasteiger partial charge < -0.3 is 15.4 Å². The van der Waals surface area contributed by atoms with Gasteiger partial charge in [-0.3, -0.25) is 4.79 Å². The van der Waals surface area contributed by atoms with Gasteiger partial charge in [0.2, 0.25) is 0 Å². The van der Waals surface area contributed by atoms with Crippen molar-refractivity contribution in [3.05, 3.63) is 101 Å². The minimum absolute atomic E-state index is 0.00566. The lowest BCUT2D eigenvalue weighted by atomic mass is 9.91. The van der Waals surface area contributed by atoms with Crippen molar-refractivity contribution in [1.82, 2.24) is 10.3 Å². The molecule has 1 aromatic heterocycles. The van der Waals surface area contributed by atoms with Gasteiger partial charge in [-0.25, -0.2) is 0 Å². The standard InChI is InChI=1S/C23H19ClN2O2/c24-20-12-16(10-11-22(20)27)23(28)26-13-18(15-6-2-1-3-7-15)19-14-25-21-9-5-4-8-17(19)21/h1-12,14,18,25,27H,13H2,(H,26,28). The zero-order chi connectivity index (χ0) is 19.5. The maximum absolute atomic E-state index is 12.6. The average molecular weight is 391 g/mol. The molecule has 1 heterocycles. The van der Waals surface area contributed by atoms with Crippen LogP contribution in [0.1, 0.15) is 27.4 Å². The van der Waals surface area contributed by atoms with Gasteiger partial charge in [-0.2, -0.15) is 0 Å². The van der Waals surface area contributed by atoms with Gasteiger partial charge in [0, 0.05) is 35.1 Å². The predicted octanol–water partition coefficient (Wildman–Crippen LogP) is 5.09. The van der Waals surface area contributed by atoms with Crippen LogP contribution in [0.25, 0.3) is 10.9 Å². The number of H-pyrrole nitrogens is 1. The number of aromatic nitrogens is 1. The Morgan fingerprint density at radius 3 is 2.57 bits per heavy atom. The summed E-state index contributed by atoms with van der Waals surface area (Å²) in [6.07, 6.45) is 2.01. The minimum atomic E-state index is -0.234. The summed E-state index contributed by atoms with van der Waals surface area (Å²) in [6, 6.07) is 22.7. The van der Waals surface area contributed by atoms with E-state index in [1.54, 1.807) is 6.07 Å². The maximum Gasteiger partial charge on any atom is 0.251 e. The number of fused-ring (bicyclic) bond motifs is 1. The summed E-state index contributed by atoms with van der Waals surface area (Å²) < 4.78 is 0. The first-order chi connectivity index (χ1) is 13.6. The molecule has 0 spiro atoms. The van der Waals surface area contributed by atoms with Crippen molar-refractivity contribution in [2.45, 2.75) is 5.92 Å². The van der Waals surface area contributed by atoms with Crippen LogP contribution in [0.5, 0.6) is 5.75 Å². The van der Waals surface area contributed by atoms with Gasteiger partial charge in [-0.1, -0.05) is 60.1 Å². The zero-order valence-corrected chi connectivity index (χ0v) is 15.8. The molecular weight excluding hydrogens is 372 g/mol. The van der Waals surface area contributed by atoms with Crippen LogP contribution in [0, 0.1) is 0 Å². The van der Waals surface area contributed by atoms with Gasteiger partial charge in [-0.15, -0.1) is 0 Å². The molecule has 28 heavy (non-hydrogen) atoms. The molecule has 4 nitrogen and oxygen atoms in total. The Morgan fingerprint density at radius 1 is 1.04 bits per heavy atom. The summed E-state index contributed by atoms with van der Waals surface area (Å²) in [7, 11) is 0. The topological polar surface area (TPSA) is 65.1 Å². The lowest BCUT2D eigenvalue weighted by molar-refractivity contribution is 0.0952. The Balaban J connectivity index is 1.63. The number of hydrogen-bond acceptors (Lipinski definition) is 2. The third-order valence-electron chi connectivity index (χ3n) is 4.88. The molecule has 140 valence electrons. The van der Waals surface area contributed by atoms with Gasteiger partial charge in [0.1, 0.15) is 5.75 Å². The van der Waals surface area contributed by atoms with E-state index in [0.717, 1.165) is 22.0 Å². The fourth-order valence-corrected chi connectivity index (χ4v) is 3.60. The number of aromatic amines is 1. The highest BCUT2D eigenvalue weighted by Gasteiger charge is 2.19. The minimum Gasteiger partial charge on any atom is -0.506 e. The van der Waals surface area contributed by atoms with Gasteiger partial charge in [0.15, 0.2) is 0 Å². The molecule has 1 atom stereocenters. The van der Waals surface area contributed by atoms with E-state index in [1.165, 1.54) is 12.1 Å². The van der Waals surface area contributed by atoms with Crippen molar-refractivity contribution in [2.24, 2.45) is 0 Å². The van der Waals surface area contributed by atoms with Crippen LogP contribution in [-0.4, -0.2) is 22.5 Å². The molecule has 0 bridgehead atoms. The fourth-order valence-electron chi connectivity index (χ4n) is 3.42. The molecule has 3 N–H and O–H groups in total. The van der Waals surface area contributed by atoms with Crippen LogP contribution in [0.2, 0.25) is 5.02 Å². The van der Waals surface area contributed by atoms with Gasteiger partial charge in [-0.05, 0) is 35.4 Å². The van der Waals surface area contributed by atoms with E-state index in [-0.39, 0.29) is 22.6 Å². The lowest BCUT2D eigenvalue weighted by Crippen LogP contribution is -2.28. The van der Waals surface area contributed by atoms with E-state index < -0.39 is 0 Å². The molecule has 3 aromatic carbocycles. The van der Waals surface area contributed by atoms with Crippen LogP contribution in [0.4, 0.5) is 0 Å². The molecule has 5 heteroatoms. The van der Waals surface area contributed by atoms with E-state index >= 15 is 0 Å². The number of benzene rings is 3. The molecule has 0 aliphatic rings. The van der Waals surface area contributed by atoms with E-state index in [2.05, 4.69) is 28.5 Å². The molecule has 0 fully saturated rings. The van der Waals surface area contributed by atoms with Crippen molar-refractivity contribution in [2.75, 3.05) is 6.54 Å². The molecule has 0 aliphatic heterocycles. The highest BCUT2D eigenvalue weighted by Crippen LogP contribution is 2.30. The normalized spacial score (nSPS) is 12.0. The quantitative estimate of drug-likeness (QED) is 0.444. The number of nitrogens with one attached hydrogen (secondary N) is 2. The summed E-state index contributed by atoms with van der Waals surface area (Å²) >= 11 is 5.93. The average Bonchev–Trinajstić information content (AvgIpc) is 3.15. The number of phenols is 1. The van der Waals surface area contributed by atoms with Crippen molar-refractivity contribution in [1.29, 1.82) is 0 Å². The second-order valence-electron chi connectivity index (χ2n) is 6.63. The largest absolute Gasteiger partial charge is 0.506 e. The summed E-state index contributed by atoms with van der Waals surface area (Å²) in [5.74, 6) is -0.282. The number of aromatic hydroxyl groups is 1. The molecular formula is C23H19ClN2O2. The van der Waals surface area contributed by atoms with E-state index in [4.69, 9.17) is 11.6 Å². The fraction of sp³-hybridized carbons (Fsp3) is 0.0870. The number of hydrogen-bond donors (Lipinski definition) is 3. The van der Waals surface area contributed by atoms with Crippen molar-refractivity contribution in [3.63, 3.8) is 0 Å². The molecule has 0 radical (unpaired) electrons. The van der Waals surface area contributed by atoms with E-state index in [1.807, 2.05) is 42.6 Å². The van der Waals surface area contributed by atoms with Gasteiger partial charge in [0.05, 0.1) is 5.02 Å². The Kier molecular flexibility index (Phi) is 5.04. The smallest absolute Gasteiger partial charge is 0.251 e. The second kappa shape index (κ2) is 7.79. The number of rotatable bonds is 5. The first kappa shape index (κ1) is 18.1. The Labute approximate surface area is 167 Å². The number of para-hydroxylation sites is 1. The number of carbonyl (C=O) groups is 1. The SMILES string of the molecule is O=C(NCC(c1ccccc1)c1c[nH]c2ccccc12)c1ccc(O)c(Cl)c1. The first-order valence-corrected chi connectivity index (χ1v) is 9.39. The van der Waals surface area contributed by atoms with Crippen molar-refractivity contribution < 1.29 is 9.90 Å².